The number of benzene rings is 1. The van der Waals surface area contributed by atoms with E-state index < -0.39 is 5.60 Å². The zero-order valence-electron chi connectivity index (χ0n) is 21.7. The van der Waals surface area contributed by atoms with Gasteiger partial charge in [0.25, 0.3) is 0 Å². The van der Waals surface area contributed by atoms with Crippen molar-refractivity contribution in [3.8, 4) is 11.1 Å². The van der Waals surface area contributed by atoms with Gasteiger partial charge in [0.2, 0.25) is 0 Å². The number of rotatable bonds is 2. The lowest BCUT2D eigenvalue weighted by molar-refractivity contribution is 0.0223. The molecule has 2 aliphatic heterocycles. The molecule has 2 amide bonds. The summed E-state index contributed by atoms with van der Waals surface area (Å²) in [5.41, 5.74) is 6.92. The summed E-state index contributed by atoms with van der Waals surface area (Å²) in [6.45, 7) is 9.48. The van der Waals surface area contributed by atoms with E-state index in [2.05, 4.69) is 35.1 Å². The molecule has 0 saturated carbocycles. The molecule has 2 aromatic heterocycles. The first-order chi connectivity index (χ1) is 17.1. The van der Waals surface area contributed by atoms with Crippen LogP contribution in [0.2, 0.25) is 0 Å². The Bertz CT molecular complexity index is 1320. The van der Waals surface area contributed by atoms with E-state index in [1.807, 2.05) is 38.1 Å². The Morgan fingerprint density at radius 2 is 1.92 bits per heavy atom. The minimum Gasteiger partial charge on any atom is -0.453 e. The molecular weight excluding hydrogens is 456 g/mol. The van der Waals surface area contributed by atoms with Gasteiger partial charge < -0.3 is 24.3 Å². The van der Waals surface area contributed by atoms with E-state index in [4.69, 9.17) is 9.47 Å². The molecule has 1 saturated heterocycles. The van der Waals surface area contributed by atoms with Gasteiger partial charge in [0.05, 0.1) is 13.2 Å². The van der Waals surface area contributed by atoms with Crippen molar-refractivity contribution in [3.63, 3.8) is 0 Å². The predicted octanol–water partition coefficient (Wildman–Crippen LogP) is 5.73. The number of likely N-dealkylation sites (tertiary alicyclic amines) is 1. The Morgan fingerprint density at radius 1 is 1.11 bits per heavy atom. The topological polar surface area (TPSA) is 87.8 Å². The Morgan fingerprint density at radius 3 is 2.67 bits per heavy atom. The zero-order chi connectivity index (χ0) is 25.6. The Hall–Kier alpha value is -3.55. The number of aromatic nitrogens is 2. The number of nitrogens with zero attached hydrogens (tertiary/aromatic N) is 3. The molecule has 1 N–H and O–H groups in total. The number of pyridine rings is 1. The van der Waals surface area contributed by atoms with E-state index in [9.17, 15) is 9.59 Å². The molecule has 4 heterocycles. The average Bonchev–Trinajstić information content (AvgIpc) is 3.48. The Kier molecular flexibility index (Phi) is 6.14. The van der Waals surface area contributed by atoms with Gasteiger partial charge >= 0.3 is 12.2 Å². The Balaban J connectivity index is 1.60. The van der Waals surface area contributed by atoms with Crippen LogP contribution in [0.1, 0.15) is 61.9 Å². The van der Waals surface area contributed by atoms with Crippen molar-refractivity contribution < 1.29 is 19.1 Å². The number of ether oxygens (including phenoxy) is 2. The first-order valence-corrected chi connectivity index (χ1v) is 12.6. The van der Waals surface area contributed by atoms with Crippen LogP contribution >= 0.6 is 0 Å². The molecule has 3 aromatic rings. The van der Waals surface area contributed by atoms with E-state index in [0.29, 0.717) is 26.1 Å². The number of aromatic amines is 1. The van der Waals surface area contributed by atoms with E-state index in [-0.39, 0.29) is 18.2 Å². The largest absolute Gasteiger partial charge is 0.453 e. The first-order valence-electron chi connectivity index (χ1n) is 12.6. The lowest BCUT2D eigenvalue weighted by Gasteiger charge is -2.34. The highest BCUT2D eigenvalue weighted by Crippen LogP contribution is 2.40. The lowest BCUT2D eigenvalue weighted by atomic mass is 9.86. The quantitative estimate of drug-likeness (QED) is 0.495. The van der Waals surface area contributed by atoms with Gasteiger partial charge in [-0.1, -0.05) is 0 Å². The van der Waals surface area contributed by atoms with Crippen LogP contribution in [0.3, 0.4) is 0 Å². The molecule has 0 radical (unpaired) electrons. The van der Waals surface area contributed by atoms with Gasteiger partial charge in [0.15, 0.2) is 0 Å². The van der Waals surface area contributed by atoms with Crippen molar-refractivity contribution in [1.29, 1.82) is 0 Å². The zero-order valence-corrected chi connectivity index (χ0v) is 21.7. The van der Waals surface area contributed by atoms with Gasteiger partial charge in [-0.3, -0.25) is 0 Å². The van der Waals surface area contributed by atoms with Gasteiger partial charge in [-0.05, 0) is 93.0 Å². The molecule has 0 unspecified atom stereocenters. The molecule has 8 nitrogen and oxygen atoms in total. The summed E-state index contributed by atoms with van der Waals surface area (Å²) in [6.07, 6.45) is 5.76. The molecule has 1 atom stereocenters. The van der Waals surface area contributed by atoms with Crippen molar-refractivity contribution in [2.24, 2.45) is 0 Å². The summed E-state index contributed by atoms with van der Waals surface area (Å²) in [6, 6.07) is 6.46. The number of amides is 2. The van der Waals surface area contributed by atoms with Crippen molar-refractivity contribution in [3.05, 3.63) is 52.8 Å². The van der Waals surface area contributed by atoms with Crippen LogP contribution in [-0.2, 0) is 22.4 Å². The highest BCUT2D eigenvalue weighted by atomic mass is 16.6. The fourth-order valence-corrected chi connectivity index (χ4v) is 5.40. The SMILES string of the molecule is COC(=O)N1CCc2c(cc(-c3cnc4[nH]cc(C)c4c3)cc2[C@@H]2CCCN2C(=O)OC(C)(C)C)C1. The molecule has 1 fully saturated rings. The van der Waals surface area contributed by atoms with Gasteiger partial charge in [-0.2, -0.15) is 0 Å². The van der Waals surface area contributed by atoms with Gasteiger partial charge in [-0.25, -0.2) is 14.6 Å². The van der Waals surface area contributed by atoms with Crippen LogP contribution < -0.4 is 0 Å². The molecule has 0 bridgehead atoms. The number of aryl methyl sites for hydroxylation is 1. The van der Waals surface area contributed by atoms with Gasteiger partial charge in [0.1, 0.15) is 11.2 Å². The molecule has 5 rings (SSSR count). The fourth-order valence-electron chi connectivity index (χ4n) is 5.40. The second kappa shape index (κ2) is 9.15. The maximum atomic E-state index is 13.1. The number of hydrogen-bond acceptors (Lipinski definition) is 5. The summed E-state index contributed by atoms with van der Waals surface area (Å²) >= 11 is 0. The second-order valence-corrected chi connectivity index (χ2v) is 10.8. The van der Waals surface area contributed by atoms with Gasteiger partial charge in [-0.15, -0.1) is 0 Å². The number of carbonyl (C=O) groups is 2. The second-order valence-electron chi connectivity index (χ2n) is 10.8. The first kappa shape index (κ1) is 24.2. The lowest BCUT2D eigenvalue weighted by Crippen LogP contribution is -2.38. The number of fused-ring (bicyclic) bond motifs is 2. The van der Waals surface area contributed by atoms with Crippen molar-refractivity contribution in [1.82, 2.24) is 19.8 Å². The third-order valence-corrected chi connectivity index (χ3v) is 7.11. The molecule has 1 aromatic carbocycles. The van der Waals surface area contributed by atoms with E-state index in [0.717, 1.165) is 51.7 Å². The van der Waals surface area contributed by atoms with E-state index in [1.165, 1.54) is 12.7 Å². The molecule has 2 aliphatic rings. The summed E-state index contributed by atoms with van der Waals surface area (Å²) < 4.78 is 10.8. The number of nitrogens with one attached hydrogen (secondary N) is 1. The van der Waals surface area contributed by atoms with Crippen LogP contribution in [0.25, 0.3) is 22.2 Å². The summed E-state index contributed by atoms with van der Waals surface area (Å²) in [5, 5.41) is 1.08. The Labute approximate surface area is 211 Å². The monoisotopic (exact) mass is 490 g/mol. The standard InChI is InChI=1S/C28H34N4O4/c1-17-14-29-25-22(17)13-19(15-30-25)18-11-20-16-31(26(33)35-5)10-8-21(20)23(12-18)24-7-6-9-32(24)27(34)36-28(2,3)4/h11-15,24H,6-10,16H2,1-5H3,(H,29,30)/t24-/m0/s1. The summed E-state index contributed by atoms with van der Waals surface area (Å²) in [5.74, 6) is 0. The van der Waals surface area contributed by atoms with Crippen LogP contribution in [0.5, 0.6) is 0 Å². The van der Waals surface area contributed by atoms with E-state index in [1.54, 1.807) is 4.90 Å². The number of H-pyrrole nitrogens is 1. The molecular formula is C28H34N4O4. The molecule has 36 heavy (non-hydrogen) atoms. The predicted molar refractivity (Wildman–Crippen MR) is 138 cm³/mol. The minimum absolute atomic E-state index is 0.0658. The molecule has 0 spiro atoms. The van der Waals surface area contributed by atoms with Crippen molar-refractivity contribution in [2.45, 2.75) is 65.1 Å². The number of methoxy groups -OCH3 is 1. The normalized spacial score (nSPS) is 17.9. The smallest absolute Gasteiger partial charge is 0.410 e. The highest BCUT2D eigenvalue weighted by Gasteiger charge is 2.36. The third kappa shape index (κ3) is 4.52. The van der Waals surface area contributed by atoms with Crippen molar-refractivity contribution >= 4 is 23.2 Å². The maximum absolute atomic E-state index is 13.1. The van der Waals surface area contributed by atoms with Crippen LogP contribution in [-0.4, -0.2) is 57.8 Å². The van der Waals surface area contributed by atoms with Crippen molar-refractivity contribution in [2.75, 3.05) is 20.2 Å². The molecule has 190 valence electrons. The van der Waals surface area contributed by atoms with Crippen LogP contribution in [0.15, 0.2) is 30.6 Å². The van der Waals surface area contributed by atoms with Crippen LogP contribution in [0, 0.1) is 6.92 Å². The van der Waals surface area contributed by atoms with Gasteiger partial charge in [0, 0.05) is 43.0 Å². The maximum Gasteiger partial charge on any atom is 0.410 e. The minimum atomic E-state index is -0.554. The summed E-state index contributed by atoms with van der Waals surface area (Å²) in [4.78, 5) is 36.9. The third-order valence-electron chi connectivity index (χ3n) is 7.11. The number of carbonyl (C=O) groups excluding carboxylic acids is 2. The fraction of sp³-hybridized carbons (Fsp3) is 0.464. The average molecular weight is 491 g/mol. The summed E-state index contributed by atoms with van der Waals surface area (Å²) in [7, 11) is 1.41. The molecule has 0 aliphatic carbocycles. The van der Waals surface area contributed by atoms with E-state index >= 15 is 0 Å². The molecule has 8 heteroatoms. The number of hydrogen-bond donors (Lipinski definition) is 1. The highest BCUT2D eigenvalue weighted by molar-refractivity contribution is 5.85. The van der Waals surface area contributed by atoms with Crippen LogP contribution in [0.4, 0.5) is 9.59 Å².